The molecule has 0 radical (unpaired) electrons. The van der Waals surface area contributed by atoms with Gasteiger partial charge in [-0.1, -0.05) is 20.8 Å². The summed E-state index contributed by atoms with van der Waals surface area (Å²) in [5.41, 5.74) is -0.0879. The SMILES string of the molecule is COC(=O)CCCS(=O)(=O)NCC(C)(C)C. The second-order valence-corrected chi connectivity index (χ2v) is 6.81. The maximum absolute atomic E-state index is 11.5. The van der Waals surface area contributed by atoms with Crippen LogP contribution < -0.4 is 4.72 Å². The van der Waals surface area contributed by atoms with Crippen LogP contribution in [-0.2, 0) is 19.6 Å². The number of hydrogen-bond acceptors (Lipinski definition) is 4. The molecule has 0 saturated heterocycles. The Morgan fingerprint density at radius 2 is 1.88 bits per heavy atom. The molecule has 0 aliphatic heterocycles. The van der Waals surface area contributed by atoms with Crippen molar-refractivity contribution in [3.05, 3.63) is 0 Å². The third-order valence-electron chi connectivity index (χ3n) is 1.84. The topological polar surface area (TPSA) is 72.5 Å². The molecule has 0 atom stereocenters. The first kappa shape index (κ1) is 15.4. The fourth-order valence-electron chi connectivity index (χ4n) is 0.907. The van der Waals surface area contributed by atoms with Gasteiger partial charge in [0.1, 0.15) is 0 Å². The molecule has 5 nitrogen and oxygen atoms in total. The number of carbonyl (C=O) groups excluding carboxylic acids is 1. The smallest absolute Gasteiger partial charge is 0.305 e. The molecule has 0 saturated carbocycles. The summed E-state index contributed by atoms with van der Waals surface area (Å²) in [6.45, 7) is 6.24. The minimum absolute atomic E-state index is 0.0435. The normalized spacial score (nSPS) is 12.5. The lowest BCUT2D eigenvalue weighted by molar-refractivity contribution is -0.140. The van der Waals surface area contributed by atoms with E-state index in [0.717, 1.165) is 0 Å². The van der Waals surface area contributed by atoms with Crippen molar-refractivity contribution in [2.24, 2.45) is 5.41 Å². The Morgan fingerprint density at radius 3 is 2.31 bits per heavy atom. The van der Waals surface area contributed by atoms with Gasteiger partial charge in [0, 0.05) is 13.0 Å². The lowest BCUT2D eigenvalue weighted by atomic mass is 9.98. The van der Waals surface area contributed by atoms with E-state index in [4.69, 9.17) is 0 Å². The lowest BCUT2D eigenvalue weighted by Crippen LogP contribution is -2.34. The number of methoxy groups -OCH3 is 1. The summed E-state index contributed by atoms with van der Waals surface area (Å²) in [5.74, 6) is -0.427. The summed E-state index contributed by atoms with van der Waals surface area (Å²) >= 11 is 0. The summed E-state index contributed by atoms with van der Waals surface area (Å²) in [5, 5.41) is 0. The fourth-order valence-corrected chi connectivity index (χ4v) is 2.23. The zero-order chi connectivity index (χ0) is 12.8. The zero-order valence-corrected chi connectivity index (χ0v) is 11.2. The molecule has 0 rings (SSSR count). The third kappa shape index (κ3) is 8.67. The number of sulfonamides is 1. The van der Waals surface area contributed by atoms with E-state index < -0.39 is 10.0 Å². The third-order valence-corrected chi connectivity index (χ3v) is 3.25. The first-order chi connectivity index (χ1) is 7.16. The standard InChI is InChI=1S/C10H21NO4S/c1-10(2,3)8-11-16(13,14)7-5-6-9(12)15-4/h11H,5-8H2,1-4H3. The summed E-state index contributed by atoms with van der Waals surface area (Å²) in [6, 6.07) is 0. The van der Waals surface area contributed by atoms with Gasteiger partial charge in [-0.25, -0.2) is 13.1 Å². The monoisotopic (exact) mass is 251 g/mol. The molecule has 0 heterocycles. The van der Waals surface area contributed by atoms with Gasteiger partial charge in [0.25, 0.3) is 0 Å². The molecular weight excluding hydrogens is 230 g/mol. The molecule has 0 aromatic heterocycles. The van der Waals surface area contributed by atoms with Crippen LogP contribution in [0, 0.1) is 5.41 Å². The van der Waals surface area contributed by atoms with Gasteiger partial charge in [-0.2, -0.15) is 0 Å². The molecule has 0 bridgehead atoms. The number of carbonyl (C=O) groups is 1. The van der Waals surface area contributed by atoms with Gasteiger partial charge in [-0.15, -0.1) is 0 Å². The van der Waals surface area contributed by atoms with E-state index in [1.165, 1.54) is 7.11 Å². The molecule has 0 aliphatic carbocycles. The average molecular weight is 251 g/mol. The van der Waals surface area contributed by atoms with Crippen LogP contribution in [-0.4, -0.2) is 33.8 Å². The highest BCUT2D eigenvalue weighted by Gasteiger charge is 2.16. The van der Waals surface area contributed by atoms with Crippen molar-refractivity contribution in [1.82, 2.24) is 4.72 Å². The molecular formula is C10H21NO4S. The molecule has 0 unspecified atom stereocenters. The maximum Gasteiger partial charge on any atom is 0.305 e. The van der Waals surface area contributed by atoms with E-state index in [1.54, 1.807) is 0 Å². The van der Waals surface area contributed by atoms with Gasteiger partial charge < -0.3 is 4.74 Å². The first-order valence-electron chi connectivity index (χ1n) is 5.20. The Labute approximate surface area is 97.6 Å². The first-order valence-corrected chi connectivity index (χ1v) is 6.86. The number of hydrogen-bond donors (Lipinski definition) is 1. The van der Waals surface area contributed by atoms with Gasteiger partial charge in [0.05, 0.1) is 12.9 Å². The van der Waals surface area contributed by atoms with Crippen LogP contribution in [0.15, 0.2) is 0 Å². The van der Waals surface area contributed by atoms with Gasteiger partial charge in [-0.3, -0.25) is 4.79 Å². The molecule has 0 amide bonds. The van der Waals surface area contributed by atoms with Crippen molar-refractivity contribution in [3.63, 3.8) is 0 Å². The minimum atomic E-state index is -3.28. The van der Waals surface area contributed by atoms with Crippen LogP contribution >= 0.6 is 0 Å². The highest BCUT2D eigenvalue weighted by Crippen LogP contribution is 2.11. The van der Waals surface area contributed by atoms with Crippen LogP contribution in [0.3, 0.4) is 0 Å². The van der Waals surface area contributed by atoms with E-state index in [-0.39, 0.29) is 30.0 Å². The Morgan fingerprint density at radius 1 is 1.31 bits per heavy atom. The van der Waals surface area contributed by atoms with Crippen LogP contribution in [0.25, 0.3) is 0 Å². The van der Waals surface area contributed by atoms with E-state index >= 15 is 0 Å². The summed E-state index contributed by atoms with van der Waals surface area (Å²) in [4.78, 5) is 10.8. The molecule has 0 aliphatic rings. The summed E-state index contributed by atoms with van der Waals surface area (Å²) < 4.78 is 29.9. The van der Waals surface area contributed by atoms with Crippen molar-refractivity contribution < 1.29 is 17.9 Å². The Hall–Kier alpha value is -0.620. The van der Waals surface area contributed by atoms with Crippen molar-refractivity contribution >= 4 is 16.0 Å². The molecule has 16 heavy (non-hydrogen) atoms. The molecule has 0 spiro atoms. The predicted octanol–water partition coefficient (Wildman–Crippen LogP) is 0.905. The molecule has 0 aromatic carbocycles. The van der Waals surface area contributed by atoms with E-state index in [1.807, 2.05) is 20.8 Å². The molecule has 96 valence electrons. The number of nitrogens with one attached hydrogen (secondary N) is 1. The number of esters is 1. The van der Waals surface area contributed by atoms with Crippen molar-refractivity contribution in [3.8, 4) is 0 Å². The van der Waals surface area contributed by atoms with Crippen molar-refractivity contribution in [2.75, 3.05) is 19.4 Å². The second-order valence-electron chi connectivity index (χ2n) is 4.88. The Kier molecular flexibility index (Phi) is 5.96. The minimum Gasteiger partial charge on any atom is -0.469 e. The van der Waals surface area contributed by atoms with E-state index in [0.29, 0.717) is 6.54 Å². The van der Waals surface area contributed by atoms with E-state index in [9.17, 15) is 13.2 Å². The van der Waals surface area contributed by atoms with Gasteiger partial charge in [-0.05, 0) is 11.8 Å². The Bertz CT molecular complexity index is 316. The molecule has 1 N–H and O–H groups in total. The lowest BCUT2D eigenvalue weighted by Gasteiger charge is -2.18. The average Bonchev–Trinajstić information content (AvgIpc) is 2.13. The van der Waals surface area contributed by atoms with Crippen molar-refractivity contribution in [1.29, 1.82) is 0 Å². The zero-order valence-electron chi connectivity index (χ0n) is 10.4. The Balaban J connectivity index is 3.93. The van der Waals surface area contributed by atoms with Gasteiger partial charge in [0.15, 0.2) is 0 Å². The maximum atomic E-state index is 11.5. The quantitative estimate of drug-likeness (QED) is 0.712. The molecule has 0 fully saturated rings. The van der Waals surface area contributed by atoms with E-state index in [2.05, 4.69) is 9.46 Å². The van der Waals surface area contributed by atoms with Crippen LogP contribution in [0.1, 0.15) is 33.6 Å². The van der Waals surface area contributed by atoms with Crippen molar-refractivity contribution in [2.45, 2.75) is 33.6 Å². The largest absolute Gasteiger partial charge is 0.469 e. The fraction of sp³-hybridized carbons (Fsp3) is 0.900. The summed E-state index contributed by atoms with van der Waals surface area (Å²) in [7, 11) is -1.99. The highest BCUT2D eigenvalue weighted by atomic mass is 32.2. The second kappa shape index (κ2) is 6.20. The van der Waals surface area contributed by atoms with Crippen LogP contribution in [0.2, 0.25) is 0 Å². The predicted molar refractivity (Wildman–Crippen MR) is 62.5 cm³/mol. The van der Waals surface area contributed by atoms with Crippen LogP contribution in [0.5, 0.6) is 0 Å². The molecule has 0 aromatic rings. The number of rotatable bonds is 6. The van der Waals surface area contributed by atoms with Gasteiger partial charge in [0.2, 0.25) is 10.0 Å². The summed E-state index contributed by atoms with van der Waals surface area (Å²) in [6.07, 6.45) is 0.416. The van der Waals surface area contributed by atoms with Gasteiger partial charge >= 0.3 is 5.97 Å². The highest BCUT2D eigenvalue weighted by molar-refractivity contribution is 7.89. The van der Waals surface area contributed by atoms with Crippen LogP contribution in [0.4, 0.5) is 0 Å². The molecule has 6 heteroatoms. The number of ether oxygens (including phenoxy) is 1.